The third-order valence-corrected chi connectivity index (χ3v) is 7.45. The third-order valence-electron chi connectivity index (χ3n) is 7.45. The van der Waals surface area contributed by atoms with E-state index in [0.29, 0.717) is 0 Å². The highest BCUT2D eigenvalue weighted by Crippen LogP contribution is 2.22. The maximum atomic E-state index is 10.7. The van der Waals surface area contributed by atoms with Gasteiger partial charge in [-0.15, -0.1) is 37.2 Å². The molecular formula is C29H46Cl3N3O3. The summed E-state index contributed by atoms with van der Waals surface area (Å²) in [6, 6.07) is 18.5. The van der Waals surface area contributed by atoms with Crippen LogP contribution in [0.5, 0.6) is 5.75 Å². The summed E-state index contributed by atoms with van der Waals surface area (Å²) in [6.45, 7) is 10.1. The number of hydrogen-bond acceptors (Lipinski definition) is 6. The van der Waals surface area contributed by atoms with Gasteiger partial charge >= 0.3 is 0 Å². The maximum Gasteiger partial charge on any atom is 0.119 e. The molecule has 0 amide bonds. The molecule has 2 aromatic rings. The lowest BCUT2D eigenvalue weighted by molar-refractivity contribution is 0.0387. The van der Waals surface area contributed by atoms with Crippen molar-refractivity contribution >= 4 is 37.2 Å². The van der Waals surface area contributed by atoms with E-state index in [0.717, 1.165) is 70.2 Å². The van der Waals surface area contributed by atoms with E-state index in [1.165, 1.54) is 37.9 Å². The van der Waals surface area contributed by atoms with Gasteiger partial charge in [0.2, 0.25) is 0 Å². The van der Waals surface area contributed by atoms with Gasteiger partial charge in [0.15, 0.2) is 0 Å². The van der Waals surface area contributed by atoms with Crippen LogP contribution in [-0.4, -0.2) is 92.4 Å². The van der Waals surface area contributed by atoms with Crippen molar-refractivity contribution in [3.63, 3.8) is 0 Å². The number of aliphatic hydroxyl groups excluding tert-OH is 1. The van der Waals surface area contributed by atoms with Crippen LogP contribution >= 0.6 is 37.2 Å². The number of ether oxygens (including phenoxy) is 2. The fourth-order valence-corrected chi connectivity index (χ4v) is 5.15. The van der Waals surface area contributed by atoms with Crippen LogP contribution in [0.15, 0.2) is 54.6 Å². The zero-order chi connectivity index (χ0) is 24.3. The molecule has 2 unspecified atom stereocenters. The van der Waals surface area contributed by atoms with Gasteiger partial charge in [-0.05, 0) is 55.6 Å². The fraction of sp³-hybridized carbons (Fsp3) is 0.586. The monoisotopic (exact) mass is 589 g/mol. The normalized spacial score (nSPS) is 18.4. The van der Waals surface area contributed by atoms with E-state index in [-0.39, 0.29) is 43.3 Å². The van der Waals surface area contributed by atoms with Crippen LogP contribution in [0.25, 0.3) is 0 Å². The molecule has 216 valence electrons. The first-order valence-corrected chi connectivity index (χ1v) is 13.4. The zero-order valence-corrected chi connectivity index (χ0v) is 25.0. The number of rotatable bonds is 12. The van der Waals surface area contributed by atoms with Crippen LogP contribution in [0.2, 0.25) is 0 Å². The lowest BCUT2D eigenvalue weighted by atomic mass is 10.1. The van der Waals surface area contributed by atoms with Crippen LogP contribution in [0.1, 0.15) is 49.0 Å². The molecule has 2 heterocycles. The van der Waals surface area contributed by atoms with Crippen molar-refractivity contribution in [2.45, 2.75) is 37.9 Å². The van der Waals surface area contributed by atoms with Gasteiger partial charge in [0, 0.05) is 52.9 Å². The Bertz CT molecular complexity index is 849. The topological polar surface area (TPSA) is 48.4 Å². The zero-order valence-electron chi connectivity index (χ0n) is 22.6. The van der Waals surface area contributed by atoms with Crippen molar-refractivity contribution < 1.29 is 14.6 Å². The Balaban J connectivity index is 0.00000241. The minimum Gasteiger partial charge on any atom is -0.492 e. The molecule has 0 aromatic heterocycles. The SMILES string of the molecule is COC(CN1CCN(CCC(O)c2ccc(OCCN3CCCCC3)cc2)CC1)c1ccccc1.Cl.Cl.Cl. The first kappa shape index (κ1) is 34.9. The molecule has 0 bridgehead atoms. The van der Waals surface area contributed by atoms with E-state index in [1.807, 2.05) is 30.3 Å². The molecule has 2 fully saturated rings. The van der Waals surface area contributed by atoms with Crippen molar-refractivity contribution in [1.29, 1.82) is 0 Å². The highest BCUT2D eigenvalue weighted by atomic mass is 35.5. The van der Waals surface area contributed by atoms with Crippen LogP contribution in [0.4, 0.5) is 0 Å². The molecule has 6 nitrogen and oxygen atoms in total. The standard InChI is InChI=1S/C29H43N3O3.3ClH/c1-34-29(26-8-4-2-5-9-26)24-32-20-18-31(19-21-32)17-14-28(33)25-10-12-27(13-11-25)35-23-22-30-15-6-3-7-16-30;;;/h2,4-5,8-13,28-29,33H,3,6-7,14-24H2,1H3;3*1H. The Kier molecular flexibility index (Phi) is 17.5. The highest BCUT2D eigenvalue weighted by Gasteiger charge is 2.21. The van der Waals surface area contributed by atoms with Gasteiger partial charge in [-0.1, -0.05) is 48.9 Å². The van der Waals surface area contributed by atoms with Gasteiger partial charge in [0.1, 0.15) is 12.4 Å². The second-order valence-corrected chi connectivity index (χ2v) is 9.90. The number of piperidine rings is 1. The largest absolute Gasteiger partial charge is 0.492 e. The predicted molar refractivity (Wildman–Crippen MR) is 163 cm³/mol. The Labute approximate surface area is 247 Å². The van der Waals surface area contributed by atoms with E-state index in [2.05, 4.69) is 39.0 Å². The van der Waals surface area contributed by atoms with Gasteiger partial charge in [0.05, 0.1) is 12.2 Å². The average Bonchev–Trinajstić information content (AvgIpc) is 2.92. The minimum absolute atomic E-state index is 0. The van der Waals surface area contributed by atoms with Gasteiger partial charge in [-0.2, -0.15) is 0 Å². The summed E-state index contributed by atoms with van der Waals surface area (Å²) in [4.78, 5) is 7.43. The summed E-state index contributed by atoms with van der Waals surface area (Å²) in [6.07, 6.45) is 4.41. The molecule has 2 aliphatic rings. The molecule has 9 heteroatoms. The highest BCUT2D eigenvalue weighted by molar-refractivity contribution is 5.86. The molecule has 1 N–H and O–H groups in total. The predicted octanol–water partition coefficient (Wildman–Crippen LogP) is 5.25. The Morgan fingerprint density at radius 2 is 1.32 bits per heavy atom. The number of piperazine rings is 1. The van der Waals surface area contributed by atoms with Gasteiger partial charge in [-0.25, -0.2) is 0 Å². The summed E-state index contributed by atoms with van der Waals surface area (Å²) < 4.78 is 11.7. The van der Waals surface area contributed by atoms with Crippen molar-refractivity contribution in [2.75, 3.05) is 72.6 Å². The fourth-order valence-electron chi connectivity index (χ4n) is 5.15. The number of aliphatic hydroxyl groups is 1. The number of benzene rings is 2. The number of methoxy groups -OCH3 is 1. The Hall–Kier alpha value is -1.09. The van der Waals surface area contributed by atoms with Gasteiger partial charge < -0.3 is 19.5 Å². The molecule has 38 heavy (non-hydrogen) atoms. The molecule has 0 spiro atoms. The average molecular weight is 591 g/mol. The molecule has 2 aromatic carbocycles. The number of likely N-dealkylation sites (tertiary alicyclic amines) is 1. The molecule has 2 atom stereocenters. The van der Waals surface area contributed by atoms with Crippen molar-refractivity contribution in [3.05, 3.63) is 65.7 Å². The van der Waals surface area contributed by atoms with Crippen LogP contribution < -0.4 is 4.74 Å². The minimum atomic E-state index is -0.439. The second-order valence-electron chi connectivity index (χ2n) is 9.90. The summed E-state index contributed by atoms with van der Waals surface area (Å²) in [7, 11) is 1.80. The van der Waals surface area contributed by atoms with E-state index >= 15 is 0 Å². The summed E-state index contributed by atoms with van der Waals surface area (Å²) in [5.41, 5.74) is 2.21. The smallest absolute Gasteiger partial charge is 0.119 e. The number of hydrogen-bond donors (Lipinski definition) is 1. The Morgan fingerprint density at radius 1 is 0.711 bits per heavy atom. The van der Waals surface area contributed by atoms with Crippen molar-refractivity contribution in [3.8, 4) is 5.75 Å². The number of nitrogens with zero attached hydrogens (tertiary/aromatic N) is 3. The summed E-state index contributed by atoms with van der Waals surface area (Å²) in [5, 5.41) is 10.7. The van der Waals surface area contributed by atoms with E-state index in [4.69, 9.17) is 9.47 Å². The van der Waals surface area contributed by atoms with Gasteiger partial charge in [-0.3, -0.25) is 9.80 Å². The van der Waals surface area contributed by atoms with Gasteiger partial charge in [0.25, 0.3) is 0 Å². The first-order chi connectivity index (χ1) is 17.2. The molecule has 2 saturated heterocycles. The summed E-state index contributed by atoms with van der Waals surface area (Å²) in [5.74, 6) is 0.888. The molecule has 4 rings (SSSR count). The van der Waals surface area contributed by atoms with Crippen molar-refractivity contribution in [2.24, 2.45) is 0 Å². The van der Waals surface area contributed by atoms with Crippen LogP contribution in [0.3, 0.4) is 0 Å². The molecule has 0 aliphatic carbocycles. The van der Waals surface area contributed by atoms with Crippen molar-refractivity contribution in [1.82, 2.24) is 14.7 Å². The first-order valence-electron chi connectivity index (χ1n) is 13.4. The Morgan fingerprint density at radius 3 is 1.95 bits per heavy atom. The van der Waals surface area contributed by atoms with Crippen LogP contribution in [-0.2, 0) is 4.74 Å². The quantitative estimate of drug-likeness (QED) is 0.365. The second kappa shape index (κ2) is 19.1. The molecule has 0 radical (unpaired) electrons. The lowest BCUT2D eigenvalue weighted by Gasteiger charge is -2.36. The van der Waals surface area contributed by atoms with E-state index in [9.17, 15) is 5.11 Å². The van der Waals surface area contributed by atoms with E-state index < -0.39 is 6.10 Å². The molecular weight excluding hydrogens is 545 g/mol. The molecule has 2 aliphatic heterocycles. The summed E-state index contributed by atoms with van der Waals surface area (Å²) >= 11 is 0. The van der Waals surface area contributed by atoms with Crippen LogP contribution in [0, 0.1) is 0 Å². The van der Waals surface area contributed by atoms with E-state index in [1.54, 1.807) is 7.11 Å². The third kappa shape index (κ3) is 11.2. The lowest BCUT2D eigenvalue weighted by Crippen LogP contribution is -2.47. The number of halogens is 3. The molecule has 0 saturated carbocycles. The maximum absolute atomic E-state index is 10.7.